The lowest BCUT2D eigenvalue weighted by molar-refractivity contribution is -0.116. The number of nitrogens with two attached hydrogens (primary N) is 4. The van der Waals surface area contributed by atoms with Gasteiger partial charge in [-0.05, 0) is 178 Å². The maximum absolute atomic E-state index is 10.9. The number of carbonyl (C=O) groups excluding carboxylic acids is 2. The van der Waals surface area contributed by atoms with Crippen LogP contribution in [0.2, 0.25) is 40.9 Å². The van der Waals surface area contributed by atoms with E-state index in [1.807, 2.05) is 62.2 Å². The van der Waals surface area contributed by atoms with E-state index in [0.717, 1.165) is 81.9 Å². The zero-order valence-electron chi connectivity index (χ0n) is 57.3. The maximum atomic E-state index is 10.9. The van der Waals surface area contributed by atoms with Gasteiger partial charge in [0, 0.05) is 47.2 Å². The molecular formula is C68H100B6N10O10. The van der Waals surface area contributed by atoms with E-state index in [4.69, 9.17) is 61.1 Å². The van der Waals surface area contributed by atoms with Gasteiger partial charge in [-0.3, -0.25) is 9.59 Å². The lowest BCUT2D eigenvalue weighted by Gasteiger charge is -2.10. The minimum Gasteiger partial charge on any atom is -0.424 e. The topological polar surface area (TPSA) is 306 Å². The monoisotopic (exact) mass is 1280 g/mol. The van der Waals surface area contributed by atoms with Crippen LogP contribution in [-0.2, 0) is 37.5 Å². The molecule has 6 heterocycles. The van der Waals surface area contributed by atoms with E-state index in [1.54, 1.807) is 13.8 Å². The van der Waals surface area contributed by atoms with Crippen LogP contribution in [0.3, 0.4) is 0 Å². The van der Waals surface area contributed by atoms with E-state index in [1.165, 1.54) is 44.1 Å². The molecule has 0 amide bonds. The summed E-state index contributed by atoms with van der Waals surface area (Å²) in [5.41, 5.74) is 43.1. The molecule has 0 aliphatic carbocycles. The van der Waals surface area contributed by atoms with E-state index in [-0.39, 0.29) is 103 Å². The largest absolute Gasteiger partial charge is 0.424 e. The molecule has 0 unspecified atom stereocenters. The first-order valence-corrected chi connectivity index (χ1v) is 33.5. The highest BCUT2D eigenvalue weighted by atomic mass is 16.5. The van der Waals surface area contributed by atoms with Crippen molar-refractivity contribution in [3.8, 4) is 0 Å². The Morgan fingerprint density at radius 2 is 0.553 bits per heavy atom. The number of rotatable bonds is 20. The van der Waals surface area contributed by atoms with Gasteiger partial charge >= 0.3 is 41.5 Å². The van der Waals surface area contributed by atoms with Crippen molar-refractivity contribution in [1.29, 1.82) is 0 Å². The van der Waals surface area contributed by atoms with Crippen LogP contribution in [0, 0.1) is 0 Å². The van der Waals surface area contributed by atoms with Crippen LogP contribution in [0.5, 0.6) is 0 Å². The van der Waals surface area contributed by atoms with Crippen molar-refractivity contribution in [1.82, 2.24) is 0 Å². The fourth-order valence-corrected chi connectivity index (χ4v) is 12.8. The number of nitrogens with one attached hydrogen (secondary N) is 6. The van der Waals surface area contributed by atoms with Crippen LogP contribution in [-0.4, -0.2) is 116 Å². The second-order valence-corrected chi connectivity index (χ2v) is 24.3. The molecule has 0 radical (unpaired) electrons. The van der Waals surface area contributed by atoms with E-state index < -0.39 is 0 Å². The van der Waals surface area contributed by atoms with E-state index in [2.05, 4.69) is 148 Å². The van der Waals surface area contributed by atoms with Gasteiger partial charge in [0.15, 0.2) is 0 Å². The third-order valence-corrected chi connectivity index (χ3v) is 17.6. The molecule has 6 aliphatic heterocycles. The first-order chi connectivity index (χ1) is 45.3. The predicted molar refractivity (Wildman–Crippen MR) is 394 cm³/mol. The molecule has 0 fully saturated rings. The first kappa shape index (κ1) is 74.8. The molecular weight excluding hydrogens is 1180 g/mol. The number of hydrogen-bond donors (Lipinski definition) is 12. The maximum Gasteiger partial charge on any atom is 0.324 e. The van der Waals surface area contributed by atoms with Gasteiger partial charge in [-0.25, -0.2) is 0 Å². The van der Waals surface area contributed by atoms with E-state index in [9.17, 15) is 9.59 Å². The van der Waals surface area contributed by atoms with Gasteiger partial charge in [-0.15, -0.1) is 0 Å². The molecule has 94 heavy (non-hydrogen) atoms. The Morgan fingerprint density at radius 3 is 0.745 bits per heavy atom. The van der Waals surface area contributed by atoms with Gasteiger partial charge in [0.1, 0.15) is 25.0 Å². The molecule has 0 aromatic heterocycles. The van der Waals surface area contributed by atoms with Crippen molar-refractivity contribution in [3.05, 3.63) is 143 Å². The predicted octanol–water partition coefficient (Wildman–Crippen LogP) is 6.46. The van der Waals surface area contributed by atoms with Gasteiger partial charge in [0.2, 0.25) is 0 Å². The summed E-state index contributed by atoms with van der Waals surface area (Å²) < 4.78 is 34.8. The van der Waals surface area contributed by atoms with Crippen molar-refractivity contribution in [2.75, 3.05) is 84.9 Å². The fourth-order valence-electron chi connectivity index (χ4n) is 12.8. The number of anilines is 6. The Bertz CT molecular complexity index is 3080. The van der Waals surface area contributed by atoms with E-state index >= 15 is 0 Å². The Balaban J connectivity index is 0.000000160. The molecule has 12 rings (SSSR count). The van der Waals surface area contributed by atoms with Crippen LogP contribution in [0.1, 0.15) is 137 Å². The van der Waals surface area contributed by atoms with Crippen molar-refractivity contribution >= 4 is 120 Å². The molecule has 6 aromatic rings. The number of carbonyl (C=O) groups is 2. The second kappa shape index (κ2) is 36.5. The van der Waals surface area contributed by atoms with Gasteiger partial charge in [0.25, 0.3) is 0 Å². The van der Waals surface area contributed by atoms with Crippen molar-refractivity contribution in [2.24, 2.45) is 22.9 Å². The standard InChI is InChI=1S/2C12H17BN2O2.2C11H17BN2O.2C11H16BNO2/c2*1-8(16)7-15-9-3-4-10-11(5-9)13(2)17-12(10)6-14;2*1-3-11-9-5-4-8(14-7-13)6-10(9)12(2)15-11;2*1-3-11-9-5-4-8(13-7-14)6-10(9)12(2)15-11/h2*3-5,12,15H,6-7,14H2,1-2H3;2*4-6,11,14H,3,7,13H2,1-2H3;2*4-6,11,13-14H,3,7H2,1-2H3/t2*12-;4*11-/m101010/s1. The van der Waals surface area contributed by atoms with Gasteiger partial charge in [-0.2, -0.15) is 0 Å². The molecule has 500 valence electrons. The summed E-state index contributed by atoms with van der Waals surface area (Å²) in [6.07, 6.45) is 5.07. The highest BCUT2D eigenvalue weighted by molar-refractivity contribution is 6.70. The Labute approximate surface area is 560 Å². The Morgan fingerprint density at radius 1 is 0.351 bits per heavy atom. The highest BCUT2D eigenvalue weighted by Gasteiger charge is 2.36. The van der Waals surface area contributed by atoms with Crippen LogP contribution in [0.4, 0.5) is 34.1 Å². The molecule has 6 aromatic carbocycles. The number of aliphatic hydroxyl groups is 2. The quantitative estimate of drug-likeness (QED) is 0.0288. The van der Waals surface area contributed by atoms with Crippen molar-refractivity contribution in [3.63, 3.8) is 0 Å². The number of benzene rings is 6. The third-order valence-electron chi connectivity index (χ3n) is 17.6. The average molecular weight is 1280 g/mol. The number of fused-ring (bicyclic) bond motifs is 6. The highest BCUT2D eigenvalue weighted by Crippen LogP contribution is 2.33. The summed E-state index contributed by atoms with van der Waals surface area (Å²) in [6.45, 7) is 27.5. The summed E-state index contributed by atoms with van der Waals surface area (Å²) in [7, 11) is 0. The lowest BCUT2D eigenvalue weighted by atomic mass is 9.64. The third kappa shape index (κ3) is 19.3. The van der Waals surface area contributed by atoms with Gasteiger partial charge < -0.3 is 93.0 Å². The Hall–Kier alpha value is -6.63. The van der Waals surface area contributed by atoms with Gasteiger partial charge in [-0.1, -0.05) is 105 Å². The Kier molecular flexibility index (Phi) is 29.0. The minimum atomic E-state index is -0.0365. The smallest absolute Gasteiger partial charge is 0.324 e. The molecule has 6 atom stereocenters. The van der Waals surface area contributed by atoms with Crippen LogP contribution < -0.4 is 87.6 Å². The van der Waals surface area contributed by atoms with Crippen molar-refractivity contribution in [2.45, 2.75) is 145 Å². The first-order valence-electron chi connectivity index (χ1n) is 33.5. The van der Waals surface area contributed by atoms with Crippen LogP contribution >= 0.6 is 0 Å². The summed E-state index contributed by atoms with van der Waals surface area (Å²) in [6, 6.07) is 37.0. The number of ketones is 2. The SMILES string of the molecule is CB1O[C@@H](CN)c2ccc(NCC(C)=O)cc21.CB1O[C@H](CN)c2ccc(NCC(C)=O)cc21.CC[C@@H]1OB(C)c2cc(NCN)ccc21.CC[C@@H]1OB(C)c2cc(NCO)ccc21.CC[C@H]1OB(C)c2cc(NCN)ccc21.CC[C@H]1OB(C)c2cc(NCO)ccc21. The zero-order valence-corrected chi connectivity index (χ0v) is 57.3. The molecule has 6 aliphatic rings. The molecule has 0 bridgehead atoms. The summed E-state index contributed by atoms with van der Waals surface area (Å²) in [5.74, 6) is 0.240. The molecule has 0 spiro atoms. The minimum absolute atomic E-state index is 0.00172. The zero-order chi connectivity index (χ0) is 68.2. The summed E-state index contributed by atoms with van der Waals surface area (Å²) in [4.78, 5) is 21.8. The number of aliphatic hydroxyl groups excluding tert-OH is 2. The van der Waals surface area contributed by atoms with Crippen LogP contribution in [0.15, 0.2) is 109 Å². The summed E-state index contributed by atoms with van der Waals surface area (Å²) >= 11 is 0. The number of hydrogen-bond acceptors (Lipinski definition) is 20. The summed E-state index contributed by atoms with van der Waals surface area (Å²) in [5, 5.41) is 35.8. The fraction of sp³-hybridized carbons (Fsp3) is 0.441. The molecule has 0 saturated heterocycles. The molecule has 20 nitrogen and oxygen atoms in total. The van der Waals surface area contributed by atoms with Gasteiger partial charge in [0.05, 0.1) is 63.1 Å². The normalized spacial score (nSPS) is 18.7. The van der Waals surface area contributed by atoms with Crippen molar-refractivity contribution < 1.29 is 47.7 Å². The molecule has 0 saturated carbocycles. The average Bonchev–Trinajstić information content (AvgIpc) is 1.74. The molecule has 26 heteroatoms. The van der Waals surface area contributed by atoms with Crippen LogP contribution in [0.25, 0.3) is 0 Å². The second-order valence-electron chi connectivity index (χ2n) is 24.3. The van der Waals surface area contributed by atoms with E-state index in [0.29, 0.717) is 39.5 Å². The lowest BCUT2D eigenvalue weighted by Crippen LogP contribution is -2.25. The number of Topliss-reactive ketones (excluding diaryl/α,β-unsaturated/α-hetero) is 2. The molecule has 16 N–H and O–H groups in total.